The van der Waals surface area contributed by atoms with Gasteiger partial charge in [0.2, 0.25) is 11.8 Å². The number of nitrogens with zero attached hydrogens (tertiary/aromatic N) is 4. The van der Waals surface area contributed by atoms with Gasteiger partial charge in [-0.2, -0.15) is 4.98 Å². The van der Waals surface area contributed by atoms with Crippen LogP contribution in [-0.2, 0) is 24.4 Å². The van der Waals surface area contributed by atoms with Gasteiger partial charge in [0.25, 0.3) is 0 Å². The van der Waals surface area contributed by atoms with Gasteiger partial charge >= 0.3 is 0 Å². The predicted molar refractivity (Wildman–Crippen MR) is 123 cm³/mol. The molecular weight excluding hydrogens is 426 g/mol. The van der Waals surface area contributed by atoms with Gasteiger partial charge in [-0.05, 0) is 11.6 Å². The van der Waals surface area contributed by atoms with Gasteiger partial charge in [-0.15, -0.1) is 0 Å². The van der Waals surface area contributed by atoms with E-state index in [-0.39, 0.29) is 11.8 Å². The minimum Gasteiger partial charge on any atom is -0.481 e. The number of benzene rings is 2. The molecule has 164 valence electrons. The maximum atomic E-state index is 11.3. The van der Waals surface area contributed by atoms with Gasteiger partial charge in [0.05, 0.1) is 54.6 Å². The standard InChI is InChI=1S/C24H24ClN5O2/c1-32-24-18-12-30(20-9-5-8-17(22(20)25)15-6-3-2-4-7-15)13-19(18)27-21(28-24)14-29-10-16(11-29)23(26)31/h2-9,16H,10-14H2,1H3,(H2,26,31). The van der Waals surface area contributed by atoms with E-state index < -0.39 is 0 Å². The molecule has 2 aromatic carbocycles. The van der Waals surface area contributed by atoms with Gasteiger partial charge in [-0.3, -0.25) is 9.69 Å². The van der Waals surface area contributed by atoms with Crippen LogP contribution >= 0.6 is 11.6 Å². The molecule has 1 fully saturated rings. The normalized spacial score (nSPS) is 16.0. The quantitative estimate of drug-likeness (QED) is 0.621. The Kier molecular flexibility index (Phi) is 5.45. The van der Waals surface area contributed by atoms with Crippen LogP contribution in [-0.4, -0.2) is 41.0 Å². The SMILES string of the molecule is COc1nc(CN2CC(C(N)=O)C2)nc2c1CN(c1cccc(-c3ccccc3)c1Cl)C2. The minimum atomic E-state index is -0.251. The van der Waals surface area contributed by atoms with Crippen LogP contribution in [0.4, 0.5) is 5.69 Å². The molecule has 1 saturated heterocycles. The number of halogens is 1. The molecule has 2 N–H and O–H groups in total. The number of carbonyl (C=O) groups excluding carboxylic acids is 1. The molecule has 0 saturated carbocycles. The molecule has 5 rings (SSSR count). The molecule has 3 heterocycles. The van der Waals surface area contributed by atoms with E-state index >= 15 is 0 Å². The van der Waals surface area contributed by atoms with Crippen LogP contribution in [0.5, 0.6) is 5.88 Å². The molecule has 1 amide bonds. The summed E-state index contributed by atoms with van der Waals surface area (Å²) in [4.78, 5) is 25.0. The summed E-state index contributed by atoms with van der Waals surface area (Å²) < 4.78 is 5.59. The average Bonchev–Trinajstić information content (AvgIpc) is 3.19. The van der Waals surface area contributed by atoms with Crippen LogP contribution < -0.4 is 15.4 Å². The second kappa shape index (κ2) is 8.41. The number of hydrogen-bond donors (Lipinski definition) is 1. The molecule has 3 aromatic rings. The summed E-state index contributed by atoms with van der Waals surface area (Å²) in [5.41, 5.74) is 10.3. The lowest BCUT2D eigenvalue weighted by Crippen LogP contribution is -2.51. The molecule has 0 radical (unpaired) electrons. The lowest BCUT2D eigenvalue weighted by molar-refractivity contribution is -0.127. The first-order valence-corrected chi connectivity index (χ1v) is 10.9. The number of ether oxygens (including phenoxy) is 1. The smallest absolute Gasteiger partial charge is 0.223 e. The Hall–Kier alpha value is -3.16. The van der Waals surface area contributed by atoms with Crippen LogP contribution in [0.2, 0.25) is 5.02 Å². The van der Waals surface area contributed by atoms with Crippen molar-refractivity contribution in [2.75, 3.05) is 25.1 Å². The van der Waals surface area contributed by atoms with Crippen molar-refractivity contribution in [3.63, 3.8) is 0 Å². The first-order valence-electron chi connectivity index (χ1n) is 10.6. The molecule has 0 spiro atoms. The zero-order chi connectivity index (χ0) is 22.2. The number of rotatable bonds is 6. The van der Waals surface area contributed by atoms with E-state index in [1.54, 1.807) is 7.11 Å². The van der Waals surface area contributed by atoms with E-state index in [2.05, 4.69) is 26.9 Å². The molecule has 0 atom stereocenters. The summed E-state index contributed by atoms with van der Waals surface area (Å²) in [6, 6.07) is 16.2. The molecule has 2 aliphatic heterocycles. The summed E-state index contributed by atoms with van der Waals surface area (Å²) in [7, 11) is 1.63. The second-order valence-electron chi connectivity index (χ2n) is 8.23. The van der Waals surface area contributed by atoms with Crippen molar-refractivity contribution >= 4 is 23.2 Å². The van der Waals surface area contributed by atoms with E-state index in [0.717, 1.165) is 33.1 Å². The van der Waals surface area contributed by atoms with Gasteiger partial charge in [0.15, 0.2) is 0 Å². The fraction of sp³-hybridized carbons (Fsp3) is 0.292. The van der Waals surface area contributed by atoms with E-state index in [9.17, 15) is 4.79 Å². The maximum Gasteiger partial charge on any atom is 0.223 e. The number of likely N-dealkylation sites (tertiary alicyclic amines) is 1. The van der Waals surface area contributed by atoms with Crippen LogP contribution in [0.15, 0.2) is 48.5 Å². The van der Waals surface area contributed by atoms with Gasteiger partial charge < -0.3 is 15.4 Å². The summed E-state index contributed by atoms with van der Waals surface area (Å²) in [6.07, 6.45) is 0. The van der Waals surface area contributed by atoms with Gasteiger partial charge in [-0.25, -0.2) is 4.98 Å². The summed E-state index contributed by atoms with van der Waals surface area (Å²) in [5.74, 6) is 0.948. The van der Waals surface area contributed by atoms with Gasteiger partial charge in [0, 0.05) is 18.7 Å². The summed E-state index contributed by atoms with van der Waals surface area (Å²) in [6.45, 7) is 3.11. The molecule has 2 aliphatic rings. The third-order valence-corrected chi connectivity index (χ3v) is 6.51. The van der Waals surface area contributed by atoms with Gasteiger partial charge in [0.1, 0.15) is 5.82 Å². The third-order valence-electron chi connectivity index (χ3n) is 6.11. The number of amides is 1. The number of anilines is 1. The van der Waals surface area contributed by atoms with Crippen LogP contribution in [0.3, 0.4) is 0 Å². The zero-order valence-corrected chi connectivity index (χ0v) is 18.5. The molecule has 32 heavy (non-hydrogen) atoms. The van der Waals surface area contributed by atoms with Crippen molar-refractivity contribution in [2.24, 2.45) is 11.7 Å². The molecule has 8 heteroatoms. The Bertz CT molecular complexity index is 1160. The largest absolute Gasteiger partial charge is 0.481 e. The number of aromatic nitrogens is 2. The van der Waals surface area contributed by atoms with Crippen molar-refractivity contribution in [3.05, 3.63) is 70.6 Å². The number of primary amides is 1. The number of nitrogens with two attached hydrogens (primary N) is 1. The molecule has 0 bridgehead atoms. The lowest BCUT2D eigenvalue weighted by atomic mass is 10.00. The predicted octanol–water partition coefficient (Wildman–Crippen LogP) is 3.24. The van der Waals surface area contributed by atoms with Crippen LogP contribution in [0.1, 0.15) is 17.1 Å². The summed E-state index contributed by atoms with van der Waals surface area (Å²) in [5, 5.41) is 0.719. The fourth-order valence-electron chi connectivity index (χ4n) is 4.37. The Morgan fingerprint density at radius 1 is 1.12 bits per heavy atom. The first-order chi connectivity index (χ1) is 15.5. The fourth-order valence-corrected chi connectivity index (χ4v) is 4.72. The average molecular weight is 450 g/mol. The minimum absolute atomic E-state index is 0.0825. The second-order valence-corrected chi connectivity index (χ2v) is 8.61. The highest BCUT2D eigenvalue weighted by molar-refractivity contribution is 6.36. The Labute approximate surface area is 191 Å². The number of hydrogen-bond acceptors (Lipinski definition) is 6. The summed E-state index contributed by atoms with van der Waals surface area (Å²) >= 11 is 6.85. The van der Waals surface area contributed by atoms with E-state index in [4.69, 9.17) is 27.1 Å². The van der Waals surface area contributed by atoms with E-state index in [0.29, 0.717) is 44.4 Å². The molecule has 7 nitrogen and oxygen atoms in total. The molecule has 0 aliphatic carbocycles. The maximum absolute atomic E-state index is 11.3. The Morgan fingerprint density at radius 2 is 1.91 bits per heavy atom. The topological polar surface area (TPSA) is 84.6 Å². The van der Waals surface area contributed by atoms with E-state index in [1.807, 2.05) is 36.4 Å². The van der Waals surface area contributed by atoms with Crippen LogP contribution in [0, 0.1) is 5.92 Å². The van der Waals surface area contributed by atoms with Crippen molar-refractivity contribution in [1.29, 1.82) is 0 Å². The van der Waals surface area contributed by atoms with Crippen molar-refractivity contribution < 1.29 is 9.53 Å². The zero-order valence-electron chi connectivity index (χ0n) is 17.8. The van der Waals surface area contributed by atoms with Crippen molar-refractivity contribution in [1.82, 2.24) is 14.9 Å². The van der Waals surface area contributed by atoms with Crippen molar-refractivity contribution in [3.8, 4) is 17.0 Å². The molecule has 1 aromatic heterocycles. The molecule has 0 unspecified atom stereocenters. The lowest BCUT2D eigenvalue weighted by Gasteiger charge is -2.36. The number of fused-ring (bicyclic) bond motifs is 1. The first kappa shape index (κ1) is 20.7. The highest BCUT2D eigenvalue weighted by Crippen LogP contribution is 2.40. The van der Waals surface area contributed by atoms with Crippen molar-refractivity contribution in [2.45, 2.75) is 19.6 Å². The van der Waals surface area contributed by atoms with Gasteiger partial charge in [-0.1, -0.05) is 54.1 Å². The number of carbonyl (C=O) groups is 1. The highest BCUT2D eigenvalue weighted by atomic mass is 35.5. The Balaban J connectivity index is 1.39. The van der Waals surface area contributed by atoms with E-state index in [1.165, 1.54) is 0 Å². The third kappa shape index (κ3) is 3.78. The Morgan fingerprint density at radius 3 is 2.62 bits per heavy atom. The monoisotopic (exact) mass is 449 g/mol. The highest BCUT2D eigenvalue weighted by Gasteiger charge is 2.33. The van der Waals surface area contributed by atoms with Crippen LogP contribution in [0.25, 0.3) is 11.1 Å². The number of methoxy groups -OCH3 is 1. The molecular formula is C24H24ClN5O2.